The maximum atomic E-state index is 11.0. The monoisotopic (exact) mass is 236 g/mol. The van der Waals surface area contributed by atoms with E-state index in [1.807, 2.05) is 0 Å². The second-order valence-electron chi connectivity index (χ2n) is 3.61. The molecule has 0 amide bonds. The second kappa shape index (κ2) is 5.11. The lowest BCUT2D eigenvalue weighted by Crippen LogP contribution is -2.03. The van der Waals surface area contributed by atoms with Crippen LogP contribution in [0.5, 0.6) is 0 Å². The zero-order chi connectivity index (χ0) is 13.0. The molecule has 0 unspecified atom stereocenters. The molecule has 0 saturated carbocycles. The Morgan fingerprint density at radius 3 is 2.59 bits per heavy atom. The number of carbonyl (C=O) groups is 1. The molecular weight excluding hydrogens is 224 g/mol. The molecule has 0 atom stereocenters. The van der Waals surface area contributed by atoms with E-state index in [2.05, 4.69) is 0 Å². The number of carboxylic acids is 1. The highest BCUT2D eigenvalue weighted by Gasteiger charge is 2.14. The summed E-state index contributed by atoms with van der Waals surface area (Å²) in [6.45, 7) is 0. The van der Waals surface area contributed by atoms with E-state index in [0.717, 1.165) is 6.07 Å². The molecule has 6 heteroatoms. The minimum Gasteiger partial charge on any atom is -0.478 e. The number of nitro benzene ring substituents is 1. The van der Waals surface area contributed by atoms with Crippen molar-refractivity contribution in [3.8, 4) is 0 Å². The molecule has 1 rings (SSSR count). The van der Waals surface area contributed by atoms with Gasteiger partial charge < -0.3 is 10.0 Å². The van der Waals surface area contributed by atoms with E-state index in [0.29, 0.717) is 5.56 Å². The molecule has 17 heavy (non-hydrogen) atoms. The van der Waals surface area contributed by atoms with Gasteiger partial charge in [0.1, 0.15) is 0 Å². The molecule has 0 fully saturated rings. The first-order chi connectivity index (χ1) is 7.91. The minimum absolute atomic E-state index is 0.0858. The van der Waals surface area contributed by atoms with Crippen LogP contribution in [0.15, 0.2) is 24.4 Å². The van der Waals surface area contributed by atoms with Crippen LogP contribution in [0.25, 0.3) is 6.08 Å². The van der Waals surface area contributed by atoms with Gasteiger partial charge in [-0.15, -0.1) is 0 Å². The predicted molar refractivity (Wildman–Crippen MR) is 62.8 cm³/mol. The van der Waals surface area contributed by atoms with Crippen LogP contribution in [0, 0.1) is 10.1 Å². The van der Waals surface area contributed by atoms with Crippen LogP contribution < -0.4 is 0 Å². The average Bonchev–Trinajstić information content (AvgIpc) is 2.25. The van der Waals surface area contributed by atoms with Crippen molar-refractivity contribution in [2.75, 3.05) is 14.1 Å². The van der Waals surface area contributed by atoms with Crippen molar-refractivity contribution in [1.29, 1.82) is 0 Å². The summed E-state index contributed by atoms with van der Waals surface area (Å²) in [6, 6.07) is 3.75. The van der Waals surface area contributed by atoms with Gasteiger partial charge in [-0.3, -0.25) is 10.1 Å². The van der Waals surface area contributed by atoms with E-state index >= 15 is 0 Å². The van der Waals surface area contributed by atoms with Crippen LogP contribution in [0.3, 0.4) is 0 Å². The Balaban J connectivity index is 3.22. The van der Waals surface area contributed by atoms with E-state index in [1.54, 1.807) is 31.3 Å². The van der Waals surface area contributed by atoms with Gasteiger partial charge in [0.15, 0.2) is 0 Å². The van der Waals surface area contributed by atoms with Crippen LogP contribution in [0.2, 0.25) is 0 Å². The lowest BCUT2D eigenvalue weighted by molar-refractivity contribution is -0.384. The summed E-state index contributed by atoms with van der Waals surface area (Å²) in [7, 11) is 3.59. The van der Waals surface area contributed by atoms with Crippen molar-refractivity contribution in [1.82, 2.24) is 4.90 Å². The van der Waals surface area contributed by atoms with E-state index in [4.69, 9.17) is 5.11 Å². The molecule has 0 aliphatic carbocycles. The molecule has 0 radical (unpaired) electrons. The van der Waals surface area contributed by atoms with Crippen molar-refractivity contribution in [3.63, 3.8) is 0 Å². The quantitative estimate of drug-likeness (QED) is 0.636. The standard InChI is InChI=1S/C11H12N2O4/c1-12(2)6-5-8-3-4-9(13(16)17)7-10(8)11(14)15/h3-7H,1-2H3,(H,14,15). The largest absolute Gasteiger partial charge is 0.478 e. The smallest absolute Gasteiger partial charge is 0.336 e. The van der Waals surface area contributed by atoms with Gasteiger partial charge in [0, 0.05) is 26.2 Å². The van der Waals surface area contributed by atoms with E-state index in [-0.39, 0.29) is 11.3 Å². The highest BCUT2D eigenvalue weighted by Crippen LogP contribution is 2.19. The van der Waals surface area contributed by atoms with Gasteiger partial charge in [0.25, 0.3) is 5.69 Å². The summed E-state index contributed by atoms with van der Waals surface area (Å²) in [5.41, 5.74) is 0.110. The summed E-state index contributed by atoms with van der Waals surface area (Å²) >= 11 is 0. The van der Waals surface area contributed by atoms with E-state index in [9.17, 15) is 14.9 Å². The van der Waals surface area contributed by atoms with E-state index < -0.39 is 10.9 Å². The fourth-order valence-electron chi connectivity index (χ4n) is 1.22. The number of nitro groups is 1. The summed E-state index contributed by atoms with van der Waals surface area (Å²) in [6.07, 6.45) is 3.26. The van der Waals surface area contributed by atoms with Crippen LogP contribution in [0.4, 0.5) is 5.69 Å². The van der Waals surface area contributed by atoms with Crippen LogP contribution >= 0.6 is 0 Å². The molecule has 1 N–H and O–H groups in total. The molecule has 0 aliphatic rings. The van der Waals surface area contributed by atoms with E-state index in [1.165, 1.54) is 12.1 Å². The molecule has 0 aromatic heterocycles. The second-order valence-corrected chi connectivity index (χ2v) is 3.61. The minimum atomic E-state index is -1.19. The molecule has 0 bridgehead atoms. The van der Waals surface area contributed by atoms with Gasteiger partial charge in [-0.1, -0.05) is 0 Å². The summed E-state index contributed by atoms with van der Waals surface area (Å²) < 4.78 is 0. The van der Waals surface area contributed by atoms with Gasteiger partial charge in [-0.25, -0.2) is 4.79 Å². The first kappa shape index (κ1) is 12.7. The Morgan fingerprint density at radius 1 is 1.47 bits per heavy atom. The number of non-ortho nitro benzene ring substituents is 1. The number of hydrogen-bond donors (Lipinski definition) is 1. The van der Waals surface area contributed by atoms with Crippen molar-refractivity contribution in [3.05, 3.63) is 45.6 Å². The first-order valence-electron chi connectivity index (χ1n) is 4.78. The average molecular weight is 236 g/mol. The number of nitrogens with zero attached hydrogens (tertiary/aromatic N) is 2. The zero-order valence-electron chi connectivity index (χ0n) is 9.45. The lowest BCUT2D eigenvalue weighted by Gasteiger charge is -2.05. The Hall–Kier alpha value is -2.37. The maximum Gasteiger partial charge on any atom is 0.336 e. The molecule has 1 aromatic rings. The van der Waals surface area contributed by atoms with Gasteiger partial charge in [0.2, 0.25) is 0 Å². The van der Waals surface area contributed by atoms with Gasteiger partial charge in [-0.2, -0.15) is 0 Å². The number of carboxylic acid groups (broad SMARTS) is 1. The van der Waals surface area contributed by atoms with Gasteiger partial charge in [-0.05, 0) is 23.9 Å². The van der Waals surface area contributed by atoms with Crippen LogP contribution in [-0.2, 0) is 0 Å². The highest BCUT2D eigenvalue weighted by molar-refractivity contribution is 5.92. The maximum absolute atomic E-state index is 11.0. The van der Waals surface area contributed by atoms with Crippen LogP contribution in [0.1, 0.15) is 15.9 Å². The highest BCUT2D eigenvalue weighted by atomic mass is 16.6. The third-order valence-electron chi connectivity index (χ3n) is 2.03. The third kappa shape index (κ3) is 3.30. The Kier molecular flexibility index (Phi) is 3.82. The summed E-state index contributed by atoms with van der Waals surface area (Å²) in [4.78, 5) is 22.6. The lowest BCUT2D eigenvalue weighted by atomic mass is 10.1. The fourth-order valence-corrected chi connectivity index (χ4v) is 1.22. The zero-order valence-corrected chi connectivity index (χ0v) is 9.45. The number of rotatable bonds is 4. The topological polar surface area (TPSA) is 83.7 Å². The van der Waals surface area contributed by atoms with Crippen molar-refractivity contribution >= 4 is 17.7 Å². The molecule has 90 valence electrons. The Labute approximate surface area is 97.9 Å². The van der Waals surface area contributed by atoms with Crippen molar-refractivity contribution in [2.24, 2.45) is 0 Å². The SMILES string of the molecule is CN(C)C=Cc1ccc([N+](=O)[O-])cc1C(=O)O. The molecular formula is C11H12N2O4. The van der Waals surface area contributed by atoms with Gasteiger partial charge >= 0.3 is 5.97 Å². The Bertz CT molecular complexity index is 480. The number of hydrogen-bond acceptors (Lipinski definition) is 4. The molecule has 0 aliphatic heterocycles. The van der Waals surface area contributed by atoms with Gasteiger partial charge in [0.05, 0.1) is 10.5 Å². The molecule has 0 spiro atoms. The van der Waals surface area contributed by atoms with Crippen molar-refractivity contribution in [2.45, 2.75) is 0 Å². The fraction of sp³-hybridized carbons (Fsp3) is 0.182. The molecule has 0 saturated heterocycles. The number of aromatic carboxylic acids is 1. The normalized spacial score (nSPS) is 10.5. The summed E-state index contributed by atoms with van der Waals surface area (Å²) in [5, 5.41) is 19.5. The number of benzene rings is 1. The predicted octanol–water partition coefficient (Wildman–Crippen LogP) is 1.83. The van der Waals surface area contributed by atoms with Crippen molar-refractivity contribution < 1.29 is 14.8 Å². The molecule has 6 nitrogen and oxygen atoms in total. The summed E-state index contributed by atoms with van der Waals surface area (Å²) in [5.74, 6) is -1.19. The molecule has 1 aromatic carbocycles. The molecule has 0 heterocycles. The Morgan fingerprint density at radius 2 is 2.12 bits per heavy atom. The first-order valence-corrected chi connectivity index (χ1v) is 4.78. The van der Waals surface area contributed by atoms with Crippen LogP contribution in [-0.4, -0.2) is 35.0 Å². The third-order valence-corrected chi connectivity index (χ3v) is 2.03.